The zero-order valence-electron chi connectivity index (χ0n) is 37.6. The Morgan fingerprint density at radius 2 is 1.04 bits per heavy atom. The highest BCUT2D eigenvalue weighted by Crippen LogP contribution is 2.62. The lowest BCUT2D eigenvalue weighted by atomic mass is 9.41. The van der Waals surface area contributed by atoms with Gasteiger partial charge < -0.3 is 9.71 Å². The first-order valence-corrected chi connectivity index (χ1v) is 23.9. The summed E-state index contributed by atoms with van der Waals surface area (Å²) in [4.78, 5) is 5.54. The van der Waals surface area contributed by atoms with Crippen LogP contribution in [0.5, 0.6) is 0 Å². The largest absolute Gasteiger partial charge is 0.376 e. The molecule has 3 heterocycles. The lowest BCUT2D eigenvalue weighted by Crippen LogP contribution is -2.66. The van der Waals surface area contributed by atoms with Crippen molar-refractivity contribution in [2.75, 3.05) is 9.71 Å². The third-order valence-corrected chi connectivity index (χ3v) is 15.9. The number of hydrogen-bond donors (Lipinski definition) is 0. The highest BCUT2D eigenvalue weighted by molar-refractivity contribution is 6.93. The van der Waals surface area contributed by atoms with E-state index in [0.29, 0.717) is 0 Å². The molecule has 0 bridgehead atoms. The number of rotatable bonds is 5. The standard InChI is InChI=1S/C64H47BN2/c1-63(2)53-32-16-15-31-49(53)51-41-52-50-40-45(43-23-9-4-10-24-43)37-38-57(50)67(48-30-19-25-44(39-48)42-21-7-3-8-22-42)65-56-35-20-34-55-61(56)66(62(59(51)63)60(52)65)58-36-18-17-33-54(58)64(55,46-26-11-5-12-27-46)47-28-13-6-14-29-47/h3-41,54,58H,1-2H3. The molecule has 9 aromatic rings. The molecule has 2 nitrogen and oxygen atoms in total. The van der Waals surface area contributed by atoms with E-state index >= 15 is 0 Å². The summed E-state index contributed by atoms with van der Waals surface area (Å²) in [6, 6.07) is 80.1. The molecule has 316 valence electrons. The number of fused-ring (bicyclic) bond motifs is 10. The fourth-order valence-corrected chi connectivity index (χ4v) is 13.2. The SMILES string of the molecule is CC1(C)c2ccccc2-c2cc3c4c(c21)N1c2c(cccc2C(c2ccccc2)(c2ccccc2)C2C=CC=CC21)B4N(c1cccc(-c2ccccc2)c1)c1ccc(-c2ccccc2)cc1-3. The van der Waals surface area contributed by atoms with Crippen molar-refractivity contribution in [3.05, 3.63) is 264 Å². The third-order valence-electron chi connectivity index (χ3n) is 15.9. The second-order valence-corrected chi connectivity index (χ2v) is 19.5. The normalized spacial score (nSPS) is 18.0. The molecule has 3 heteroatoms. The molecule has 3 aliphatic heterocycles. The fourth-order valence-electron chi connectivity index (χ4n) is 13.2. The van der Waals surface area contributed by atoms with Crippen LogP contribution in [0.3, 0.4) is 0 Å². The van der Waals surface area contributed by atoms with E-state index in [2.05, 4.69) is 260 Å². The van der Waals surface area contributed by atoms with E-state index in [1.807, 2.05) is 0 Å². The molecule has 0 saturated carbocycles. The molecule has 0 N–H and O–H groups in total. The Hall–Kier alpha value is -7.88. The van der Waals surface area contributed by atoms with Crippen LogP contribution in [0.15, 0.2) is 237 Å². The molecule has 0 radical (unpaired) electrons. The van der Waals surface area contributed by atoms with Crippen molar-refractivity contribution < 1.29 is 0 Å². The lowest BCUT2D eigenvalue weighted by Gasteiger charge is -2.58. The molecule has 9 aromatic carbocycles. The highest BCUT2D eigenvalue weighted by Gasteiger charge is 2.59. The number of allylic oxidation sites excluding steroid dienone is 2. The Balaban J connectivity index is 1.15. The lowest BCUT2D eigenvalue weighted by molar-refractivity contribution is 0.385. The number of hydrogen-bond acceptors (Lipinski definition) is 2. The van der Waals surface area contributed by atoms with Gasteiger partial charge in [0.15, 0.2) is 0 Å². The van der Waals surface area contributed by atoms with Crippen molar-refractivity contribution in [2.24, 2.45) is 5.92 Å². The average Bonchev–Trinajstić information content (AvgIpc) is 3.63. The van der Waals surface area contributed by atoms with Crippen LogP contribution in [0.2, 0.25) is 0 Å². The second-order valence-electron chi connectivity index (χ2n) is 19.5. The van der Waals surface area contributed by atoms with E-state index in [1.54, 1.807) is 0 Å². The molecule has 2 atom stereocenters. The van der Waals surface area contributed by atoms with Crippen molar-refractivity contribution in [2.45, 2.75) is 30.7 Å². The Labute approximate surface area is 393 Å². The first-order chi connectivity index (χ1) is 33.0. The van der Waals surface area contributed by atoms with Gasteiger partial charge >= 0.3 is 6.85 Å². The van der Waals surface area contributed by atoms with Gasteiger partial charge in [-0.3, -0.25) is 0 Å². The molecule has 2 aliphatic carbocycles. The van der Waals surface area contributed by atoms with Crippen molar-refractivity contribution in [3.63, 3.8) is 0 Å². The van der Waals surface area contributed by atoms with Crippen LogP contribution in [-0.2, 0) is 10.8 Å². The zero-order valence-corrected chi connectivity index (χ0v) is 37.6. The first-order valence-electron chi connectivity index (χ1n) is 23.9. The maximum Gasteiger partial charge on any atom is 0.333 e. The van der Waals surface area contributed by atoms with Gasteiger partial charge in [-0.05, 0) is 108 Å². The molecule has 2 unspecified atom stereocenters. The average molecular weight is 855 g/mol. The van der Waals surface area contributed by atoms with E-state index < -0.39 is 5.41 Å². The molecule has 0 amide bonds. The van der Waals surface area contributed by atoms with Gasteiger partial charge in [0.25, 0.3) is 0 Å². The van der Waals surface area contributed by atoms with Gasteiger partial charge in [0.05, 0.1) is 11.5 Å². The quantitative estimate of drug-likeness (QED) is 0.159. The molecule has 14 rings (SSSR count). The zero-order chi connectivity index (χ0) is 44.4. The van der Waals surface area contributed by atoms with Crippen LogP contribution < -0.4 is 20.6 Å². The molecular formula is C64H47BN2. The molecule has 0 spiro atoms. The Morgan fingerprint density at radius 3 is 1.76 bits per heavy atom. The predicted octanol–water partition coefficient (Wildman–Crippen LogP) is 14.2. The number of para-hydroxylation sites is 1. The highest BCUT2D eigenvalue weighted by atomic mass is 15.2. The summed E-state index contributed by atoms with van der Waals surface area (Å²) in [5.74, 6) is 0.0826. The smallest absolute Gasteiger partial charge is 0.333 e. The van der Waals surface area contributed by atoms with Gasteiger partial charge in [-0.1, -0.05) is 220 Å². The van der Waals surface area contributed by atoms with Gasteiger partial charge in [0, 0.05) is 39.6 Å². The topological polar surface area (TPSA) is 6.48 Å². The van der Waals surface area contributed by atoms with Gasteiger partial charge in [-0.2, -0.15) is 0 Å². The number of anilines is 4. The Morgan fingerprint density at radius 1 is 0.448 bits per heavy atom. The van der Waals surface area contributed by atoms with Crippen molar-refractivity contribution in [1.82, 2.24) is 0 Å². The van der Waals surface area contributed by atoms with E-state index in [0.717, 1.165) is 0 Å². The van der Waals surface area contributed by atoms with Gasteiger partial charge in [-0.15, -0.1) is 0 Å². The second kappa shape index (κ2) is 14.3. The molecular weight excluding hydrogens is 808 g/mol. The predicted molar refractivity (Wildman–Crippen MR) is 281 cm³/mol. The Bertz CT molecular complexity index is 3480. The summed E-state index contributed by atoms with van der Waals surface area (Å²) in [7, 11) is 0. The number of benzene rings is 9. The summed E-state index contributed by atoms with van der Waals surface area (Å²) in [6.07, 6.45) is 9.64. The minimum absolute atomic E-state index is 0.0158. The van der Waals surface area contributed by atoms with E-state index in [-0.39, 0.29) is 24.2 Å². The molecule has 0 aromatic heterocycles. The van der Waals surface area contributed by atoms with Crippen LogP contribution >= 0.6 is 0 Å². The van der Waals surface area contributed by atoms with Crippen molar-refractivity contribution >= 4 is 40.5 Å². The Kier molecular flexibility index (Phi) is 8.20. The van der Waals surface area contributed by atoms with Crippen LogP contribution in [-0.4, -0.2) is 12.9 Å². The first kappa shape index (κ1) is 38.4. The van der Waals surface area contributed by atoms with Crippen LogP contribution in [0, 0.1) is 5.92 Å². The summed E-state index contributed by atoms with van der Waals surface area (Å²) in [5.41, 5.74) is 24.0. The van der Waals surface area contributed by atoms with Crippen molar-refractivity contribution in [1.29, 1.82) is 0 Å². The minimum atomic E-state index is -0.484. The van der Waals surface area contributed by atoms with Crippen molar-refractivity contribution in [3.8, 4) is 44.5 Å². The monoisotopic (exact) mass is 854 g/mol. The van der Waals surface area contributed by atoms with E-state index in [9.17, 15) is 0 Å². The van der Waals surface area contributed by atoms with Gasteiger partial charge in [-0.25, -0.2) is 0 Å². The minimum Gasteiger partial charge on any atom is -0.376 e. The maximum atomic E-state index is 2.84. The molecule has 0 saturated heterocycles. The molecule has 5 aliphatic rings. The summed E-state index contributed by atoms with van der Waals surface area (Å²) >= 11 is 0. The van der Waals surface area contributed by atoms with Gasteiger partial charge in [0.2, 0.25) is 0 Å². The molecule has 0 fully saturated rings. The van der Waals surface area contributed by atoms with E-state index in [1.165, 1.54) is 106 Å². The summed E-state index contributed by atoms with van der Waals surface area (Å²) < 4.78 is 0. The van der Waals surface area contributed by atoms with Crippen LogP contribution in [0.4, 0.5) is 22.7 Å². The fraction of sp³-hybridized carbons (Fsp3) is 0.0938. The molecule has 67 heavy (non-hydrogen) atoms. The van der Waals surface area contributed by atoms with Crippen LogP contribution in [0.25, 0.3) is 44.5 Å². The van der Waals surface area contributed by atoms with Crippen LogP contribution in [0.1, 0.15) is 41.7 Å². The van der Waals surface area contributed by atoms with Gasteiger partial charge in [0.1, 0.15) is 0 Å². The maximum absolute atomic E-state index is 2.84. The summed E-state index contributed by atoms with van der Waals surface area (Å²) in [5, 5.41) is 0. The number of nitrogens with zero attached hydrogens (tertiary/aromatic N) is 2. The third kappa shape index (κ3) is 5.23. The van der Waals surface area contributed by atoms with E-state index in [4.69, 9.17) is 0 Å². The summed E-state index contributed by atoms with van der Waals surface area (Å²) in [6.45, 7) is 4.81.